The topological polar surface area (TPSA) is 55.8 Å². The van der Waals surface area contributed by atoms with E-state index in [-0.39, 0.29) is 31.2 Å². The summed E-state index contributed by atoms with van der Waals surface area (Å²) < 4.78 is 50.5. The number of benzene rings is 1. The molecule has 0 aromatic heterocycles. The lowest BCUT2D eigenvalue weighted by Crippen LogP contribution is -2.33. The van der Waals surface area contributed by atoms with Crippen molar-refractivity contribution in [2.75, 3.05) is 13.2 Å². The fourth-order valence-electron chi connectivity index (χ4n) is 3.87. The third kappa shape index (κ3) is 3.25. The van der Waals surface area contributed by atoms with Crippen molar-refractivity contribution in [1.82, 2.24) is 4.90 Å². The molecular formula is C17H22F2NO4P. The minimum absolute atomic E-state index is 0.0788. The molecule has 0 saturated carbocycles. The maximum absolute atomic E-state index is 13.6. The van der Waals surface area contributed by atoms with E-state index in [0.29, 0.717) is 18.4 Å². The zero-order chi connectivity index (χ0) is 18.2. The summed E-state index contributed by atoms with van der Waals surface area (Å²) in [5, 5.41) is 0. The Morgan fingerprint density at radius 2 is 1.84 bits per heavy atom. The van der Waals surface area contributed by atoms with Gasteiger partial charge < -0.3 is 13.9 Å². The SMILES string of the molecule is CCOP(=O)(OCC)C1C[C@H]2CC[C@@H](c3ccc(F)c(F)c3)N2C1=O. The average molecular weight is 373 g/mol. The van der Waals surface area contributed by atoms with Crippen LogP contribution in [0.2, 0.25) is 0 Å². The predicted molar refractivity (Wildman–Crippen MR) is 88.2 cm³/mol. The van der Waals surface area contributed by atoms with Crippen molar-refractivity contribution < 1.29 is 27.2 Å². The molecule has 0 radical (unpaired) electrons. The van der Waals surface area contributed by atoms with Gasteiger partial charge in [-0.15, -0.1) is 0 Å². The highest BCUT2D eigenvalue weighted by Gasteiger charge is 2.55. The van der Waals surface area contributed by atoms with Crippen LogP contribution in [-0.2, 0) is 18.4 Å². The van der Waals surface area contributed by atoms with Crippen LogP contribution in [0.4, 0.5) is 8.78 Å². The summed E-state index contributed by atoms with van der Waals surface area (Å²) in [5.41, 5.74) is -0.274. The number of halogens is 2. The molecule has 1 amide bonds. The molecule has 1 aromatic carbocycles. The van der Waals surface area contributed by atoms with Gasteiger partial charge in [-0.1, -0.05) is 6.07 Å². The van der Waals surface area contributed by atoms with Gasteiger partial charge in [-0.25, -0.2) is 8.78 Å². The lowest BCUT2D eigenvalue weighted by molar-refractivity contribution is -0.129. The van der Waals surface area contributed by atoms with E-state index in [0.717, 1.165) is 18.6 Å². The number of amides is 1. The van der Waals surface area contributed by atoms with Crippen LogP contribution in [0, 0.1) is 11.6 Å². The molecule has 0 aliphatic carbocycles. The zero-order valence-electron chi connectivity index (χ0n) is 14.3. The maximum Gasteiger partial charge on any atom is 0.343 e. The third-order valence-corrected chi connectivity index (χ3v) is 7.30. The van der Waals surface area contributed by atoms with Gasteiger partial charge >= 0.3 is 7.60 Å². The van der Waals surface area contributed by atoms with Crippen LogP contribution < -0.4 is 0 Å². The molecule has 2 fully saturated rings. The van der Waals surface area contributed by atoms with E-state index in [2.05, 4.69) is 0 Å². The number of fused-ring (bicyclic) bond motifs is 1. The van der Waals surface area contributed by atoms with E-state index < -0.39 is 24.9 Å². The van der Waals surface area contributed by atoms with Crippen LogP contribution in [0.3, 0.4) is 0 Å². The number of carbonyl (C=O) groups is 1. The number of rotatable bonds is 6. The van der Waals surface area contributed by atoms with Crippen LogP contribution in [0.25, 0.3) is 0 Å². The van der Waals surface area contributed by atoms with E-state index >= 15 is 0 Å². The monoisotopic (exact) mass is 373 g/mol. The van der Waals surface area contributed by atoms with Crippen molar-refractivity contribution in [3.63, 3.8) is 0 Å². The molecule has 25 heavy (non-hydrogen) atoms. The van der Waals surface area contributed by atoms with Crippen LogP contribution in [0.1, 0.15) is 44.7 Å². The summed E-state index contributed by atoms with van der Waals surface area (Å²) in [7, 11) is -3.54. The van der Waals surface area contributed by atoms with E-state index in [1.807, 2.05) is 0 Å². The Morgan fingerprint density at radius 3 is 2.44 bits per heavy atom. The summed E-state index contributed by atoms with van der Waals surface area (Å²) in [4.78, 5) is 14.6. The van der Waals surface area contributed by atoms with E-state index in [9.17, 15) is 18.1 Å². The number of hydrogen-bond donors (Lipinski definition) is 0. The Kier molecular flexibility index (Phi) is 5.28. The predicted octanol–water partition coefficient (Wildman–Crippen LogP) is 4.04. The molecule has 5 nitrogen and oxygen atoms in total. The largest absolute Gasteiger partial charge is 0.343 e. The molecule has 2 aliphatic heterocycles. The van der Waals surface area contributed by atoms with Crippen molar-refractivity contribution >= 4 is 13.5 Å². The lowest BCUT2D eigenvalue weighted by Gasteiger charge is -2.26. The molecule has 8 heteroatoms. The summed E-state index contributed by atoms with van der Waals surface area (Å²) in [5.74, 6) is -2.14. The van der Waals surface area contributed by atoms with Gasteiger partial charge in [0.15, 0.2) is 11.6 Å². The average Bonchev–Trinajstić information content (AvgIpc) is 3.12. The van der Waals surface area contributed by atoms with Gasteiger partial charge in [0.2, 0.25) is 5.91 Å². The molecule has 1 unspecified atom stereocenters. The Morgan fingerprint density at radius 1 is 1.16 bits per heavy atom. The van der Waals surface area contributed by atoms with Crippen molar-refractivity contribution in [1.29, 1.82) is 0 Å². The lowest BCUT2D eigenvalue weighted by atomic mass is 10.0. The molecular weight excluding hydrogens is 351 g/mol. The second kappa shape index (κ2) is 7.14. The summed E-state index contributed by atoms with van der Waals surface area (Å²) in [6, 6.07) is 3.28. The van der Waals surface area contributed by atoms with Gasteiger partial charge in [0.25, 0.3) is 0 Å². The van der Waals surface area contributed by atoms with E-state index in [1.165, 1.54) is 6.07 Å². The van der Waals surface area contributed by atoms with Gasteiger partial charge in [-0.2, -0.15) is 0 Å². The van der Waals surface area contributed by atoms with Crippen LogP contribution in [-0.4, -0.2) is 35.7 Å². The maximum atomic E-state index is 13.6. The molecule has 2 saturated heterocycles. The first-order valence-electron chi connectivity index (χ1n) is 8.57. The zero-order valence-corrected chi connectivity index (χ0v) is 15.2. The van der Waals surface area contributed by atoms with E-state index in [4.69, 9.17) is 9.05 Å². The number of hydrogen-bond acceptors (Lipinski definition) is 4. The number of nitrogens with zero attached hydrogens (tertiary/aromatic N) is 1. The fraction of sp³-hybridized carbons (Fsp3) is 0.588. The highest BCUT2D eigenvalue weighted by atomic mass is 31.2. The highest BCUT2D eigenvalue weighted by molar-refractivity contribution is 7.55. The quantitative estimate of drug-likeness (QED) is 0.707. The minimum atomic E-state index is -3.54. The molecule has 138 valence electrons. The van der Waals surface area contributed by atoms with Gasteiger partial charge in [-0.3, -0.25) is 9.36 Å². The first-order valence-corrected chi connectivity index (χ1v) is 10.2. The molecule has 3 rings (SSSR count). The normalized spacial score (nSPS) is 26.3. The first kappa shape index (κ1) is 18.5. The number of carbonyl (C=O) groups excluding carboxylic acids is 1. The molecule has 0 bridgehead atoms. The minimum Gasteiger partial charge on any atom is -0.332 e. The smallest absolute Gasteiger partial charge is 0.332 e. The Hall–Kier alpha value is -1.30. The van der Waals surface area contributed by atoms with Crippen molar-refractivity contribution in [3.05, 3.63) is 35.4 Å². The standard InChI is InChI=1S/C17H22F2NO4P/c1-3-23-25(22,24-4-2)16-10-12-6-8-15(20(12)17(16)21)11-5-7-13(18)14(19)9-11/h5,7,9,12,15-16H,3-4,6,8,10H2,1-2H3/t12-,15+,16?/m1/s1. The second-order valence-corrected chi connectivity index (χ2v) is 8.51. The fourth-order valence-corrected chi connectivity index (χ4v) is 5.93. The van der Waals surface area contributed by atoms with Crippen LogP contribution in [0.5, 0.6) is 0 Å². The molecule has 2 aliphatic rings. The van der Waals surface area contributed by atoms with Gasteiger partial charge in [0.1, 0.15) is 5.66 Å². The van der Waals surface area contributed by atoms with Gasteiger partial charge in [0, 0.05) is 6.04 Å². The van der Waals surface area contributed by atoms with Gasteiger partial charge in [-0.05, 0) is 50.8 Å². The highest BCUT2D eigenvalue weighted by Crippen LogP contribution is 2.59. The van der Waals surface area contributed by atoms with Crippen LogP contribution in [0.15, 0.2) is 18.2 Å². The van der Waals surface area contributed by atoms with Crippen molar-refractivity contribution in [2.45, 2.75) is 50.9 Å². The molecule has 3 atom stereocenters. The molecule has 0 N–H and O–H groups in total. The Bertz CT molecular complexity index is 704. The molecule has 2 heterocycles. The van der Waals surface area contributed by atoms with Gasteiger partial charge in [0.05, 0.1) is 19.3 Å². The Balaban J connectivity index is 1.87. The Labute approximate surface area is 145 Å². The van der Waals surface area contributed by atoms with E-state index in [1.54, 1.807) is 18.7 Å². The summed E-state index contributed by atoms with van der Waals surface area (Å²) in [6.45, 7) is 3.79. The molecule has 0 spiro atoms. The molecule has 1 aromatic rings. The van der Waals surface area contributed by atoms with Crippen molar-refractivity contribution in [3.8, 4) is 0 Å². The second-order valence-electron chi connectivity index (χ2n) is 6.29. The summed E-state index contributed by atoms with van der Waals surface area (Å²) in [6.07, 6.45) is 1.79. The van der Waals surface area contributed by atoms with Crippen molar-refractivity contribution in [2.24, 2.45) is 0 Å². The first-order chi connectivity index (χ1) is 11.9. The third-order valence-electron chi connectivity index (χ3n) is 4.87. The van der Waals surface area contributed by atoms with Crippen LogP contribution >= 0.6 is 7.60 Å². The summed E-state index contributed by atoms with van der Waals surface area (Å²) >= 11 is 0.